The van der Waals surface area contributed by atoms with E-state index in [1.165, 1.54) is 43.3 Å². The second-order valence-corrected chi connectivity index (χ2v) is 28.6. The lowest BCUT2D eigenvalue weighted by Crippen LogP contribution is -2.49. The Morgan fingerprint density at radius 3 is 2.11 bits per heavy atom. The predicted molar refractivity (Wildman–Crippen MR) is 210 cm³/mol. The summed E-state index contributed by atoms with van der Waals surface area (Å²) in [5.41, 5.74) is 4.47. The van der Waals surface area contributed by atoms with Crippen molar-refractivity contribution in [3.63, 3.8) is 0 Å². The summed E-state index contributed by atoms with van der Waals surface area (Å²) in [4.78, 5) is 0. The van der Waals surface area contributed by atoms with E-state index >= 15 is 0 Å². The smallest absolute Gasteiger partial charge is 0.192 e. The summed E-state index contributed by atoms with van der Waals surface area (Å²) >= 11 is 0. The Balaban J connectivity index is 1.86. The molecule has 0 radical (unpaired) electrons. The Labute approximate surface area is 294 Å². The molecule has 3 fully saturated rings. The second kappa shape index (κ2) is 15.7. The third-order valence-corrected chi connectivity index (χ3v) is 22.8. The summed E-state index contributed by atoms with van der Waals surface area (Å²) in [6.07, 6.45) is 20.6. The Kier molecular flexibility index (Phi) is 13.6. The first-order valence-corrected chi connectivity index (χ1v) is 25.2. The van der Waals surface area contributed by atoms with Crippen LogP contribution in [0.25, 0.3) is 0 Å². The zero-order valence-corrected chi connectivity index (χ0v) is 35.4. The highest BCUT2D eigenvalue weighted by molar-refractivity contribution is 6.74. The lowest BCUT2D eigenvalue weighted by molar-refractivity contribution is 0.0969. The molecule has 0 saturated heterocycles. The number of rotatable bonds is 12. The molecule has 47 heavy (non-hydrogen) atoms. The maximum atomic E-state index is 10.7. The number of fused-ring (bicyclic) bond motifs is 1. The third-order valence-electron chi connectivity index (χ3n) is 13.8. The molecule has 0 unspecified atom stereocenters. The van der Waals surface area contributed by atoms with Crippen LogP contribution in [0.4, 0.5) is 0 Å². The number of hydrogen-bond acceptors (Lipinski definition) is 3. The van der Waals surface area contributed by atoms with Crippen LogP contribution in [0.3, 0.4) is 0 Å². The van der Waals surface area contributed by atoms with Crippen molar-refractivity contribution in [3.05, 3.63) is 47.6 Å². The maximum Gasteiger partial charge on any atom is 0.192 e. The number of aliphatic hydroxyl groups is 1. The molecular formula is C42H76O3Si2. The van der Waals surface area contributed by atoms with Crippen LogP contribution < -0.4 is 0 Å². The monoisotopic (exact) mass is 685 g/mol. The van der Waals surface area contributed by atoms with Crippen LogP contribution in [0.1, 0.15) is 133 Å². The molecule has 1 N–H and O–H groups in total. The van der Waals surface area contributed by atoms with Crippen molar-refractivity contribution in [2.75, 3.05) is 0 Å². The Hall–Kier alpha value is -0.726. The first-order chi connectivity index (χ1) is 21.6. The standard InChI is InChI=1S/C42H76O3Si2/c1-16-32(17-2)27-35(43)23-20-30(3)37-24-25-38-33(19-18-26-42(37,38)11)21-22-34-28-36(44-46(12,13)40(5,6)7)29-39(31(34)4)45-47(14,15)41(8,9)10/h20-23,30,32,35-39,43H,4,16-19,24-29H2,1-3,5-15H3/b23-20+,33-21+,34-22+/t30-,35-,36-,37-,38+,39+,42-/m1/s1. The maximum absolute atomic E-state index is 10.7. The van der Waals surface area contributed by atoms with Gasteiger partial charge in [0.1, 0.15) is 0 Å². The highest BCUT2D eigenvalue weighted by atomic mass is 28.4. The van der Waals surface area contributed by atoms with Crippen molar-refractivity contribution in [1.29, 1.82) is 0 Å². The van der Waals surface area contributed by atoms with E-state index in [-0.39, 0.29) is 28.4 Å². The molecule has 3 nitrogen and oxygen atoms in total. The number of allylic oxidation sites excluding steroid dienone is 4. The molecule has 7 atom stereocenters. The van der Waals surface area contributed by atoms with Gasteiger partial charge in [0.25, 0.3) is 0 Å². The van der Waals surface area contributed by atoms with Crippen molar-refractivity contribution in [2.45, 2.75) is 188 Å². The molecule has 3 aliphatic carbocycles. The van der Waals surface area contributed by atoms with Gasteiger partial charge >= 0.3 is 0 Å². The fourth-order valence-corrected chi connectivity index (χ4v) is 11.1. The van der Waals surface area contributed by atoms with Gasteiger partial charge in [-0.1, -0.05) is 119 Å². The van der Waals surface area contributed by atoms with Gasteiger partial charge in [-0.15, -0.1) is 0 Å². The van der Waals surface area contributed by atoms with Crippen molar-refractivity contribution < 1.29 is 14.0 Å². The van der Waals surface area contributed by atoms with E-state index < -0.39 is 16.6 Å². The summed E-state index contributed by atoms with van der Waals surface area (Å²) in [7, 11) is -3.92. The molecule has 3 rings (SSSR count). The zero-order chi connectivity index (χ0) is 35.6. The largest absolute Gasteiger partial charge is 0.413 e. The second-order valence-electron chi connectivity index (χ2n) is 19.1. The van der Waals surface area contributed by atoms with Gasteiger partial charge in [-0.2, -0.15) is 0 Å². The molecule has 0 aromatic rings. The van der Waals surface area contributed by atoms with Gasteiger partial charge in [-0.3, -0.25) is 0 Å². The van der Waals surface area contributed by atoms with Crippen LogP contribution in [0, 0.1) is 29.1 Å². The van der Waals surface area contributed by atoms with Gasteiger partial charge in [0, 0.05) is 6.42 Å². The van der Waals surface area contributed by atoms with Crippen molar-refractivity contribution in [3.8, 4) is 0 Å². The summed E-state index contributed by atoms with van der Waals surface area (Å²) in [5, 5.41) is 11.1. The average Bonchev–Trinajstić information content (AvgIpc) is 3.31. The van der Waals surface area contributed by atoms with E-state index in [0.717, 1.165) is 32.1 Å². The Morgan fingerprint density at radius 1 is 0.936 bits per heavy atom. The first-order valence-electron chi connectivity index (χ1n) is 19.4. The van der Waals surface area contributed by atoms with E-state index in [1.807, 2.05) is 0 Å². The molecule has 0 aromatic carbocycles. The van der Waals surface area contributed by atoms with E-state index in [0.29, 0.717) is 29.1 Å². The molecule has 270 valence electrons. The van der Waals surface area contributed by atoms with E-state index in [1.54, 1.807) is 5.57 Å². The molecule has 3 aliphatic rings. The topological polar surface area (TPSA) is 38.7 Å². The summed E-state index contributed by atoms with van der Waals surface area (Å²) in [6.45, 7) is 37.7. The van der Waals surface area contributed by atoms with Crippen molar-refractivity contribution >= 4 is 16.6 Å². The van der Waals surface area contributed by atoms with Gasteiger partial charge in [-0.25, -0.2) is 0 Å². The molecule has 0 spiro atoms. The Morgan fingerprint density at radius 2 is 1.53 bits per heavy atom. The van der Waals surface area contributed by atoms with Crippen LogP contribution in [0.2, 0.25) is 36.3 Å². The molecule has 3 saturated carbocycles. The molecular weight excluding hydrogens is 609 g/mol. The molecule has 0 aromatic heterocycles. The first kappa shape index (κ1) is 40.7. The van der Waals surface area contributed by atoms with Crippen molar-refractivity contribution in [2.24, 2.45) is 29.1 Å². The summed E-state index contributed by atoms with van der Waals surface area (Å²) in [5.74, 6) is 2.40. The minimum Gasteiger partial charge on any atom is -0.413 e. The van der Waals surface area contributed by atoms with Crippen LogP contribution in [-0.2, 0) is 8.85 Å². The van der Waals surface area contributed by atoms with Gasteiger partial charge in [0.05, 0.1) is 18.3 Å². The average molecular weight is 685 g/mol. The zero-order valence-electron chi connectivity index (χ0n) is 33.4. The minimum atomic E-state index is -1.99. The lowest BCUT2D eigenvalue weighted by Gasteiger charge is -2.45. The highest BCUT2D eigenvalue weighted by Crippen LogP contribution is 2.59. The lowest BCUT2D eigenvalue weighted by atomic mass is 9.61. The third kappa shape index (κ3) is 9.74. The predicted octanol–water partition coefficient (Wildman–Crippen LogP) is 12.6. The van der Waals surface area contributed by atoms with Crippen molar-refractivity contribution in [1.82, 2.24) is 0 Å². The normalized spacial score (nSPS) is 31.3. The van der Waals surface area contributed by atoms with Crippen LogP contribution in [-0.4, -0.2) is 40.1 Å². The van der Waals surface area contributed by atoms with E-state index in [2.05, 4.69) is 120 Å². The fraction of sp³-hybridized carbons (Fsp3) is 0.810. The Bertz CT molecular complexity index is 1150. The van der Waals surface area contributed by atoms with E-state index in [4.69, 9.17) is 15.4 Å². The van der Waals surface area contributed by atoms with Gasteiger partial charge in [0.2, 0.25) is 0 Å². The van der Waals surface area contributed by atoms with Gasteiger partial charge in [-0.05, 0) is 121 Å². The molecule has 0 bridgehead atoms. The van der Waals surface area contributed by atoms with Crippen LogP contribution in [0.5, 0.6) is 0 Å². The van der Waals surface area contributed by atoms with Gasteiger partial charge < -0.3 is 14.0 Å². The quantitative estimate of drug-likeness (QED) is 0.164. The van der Waals surface area contributed by atoms with Crippen LogP contribution in [0.15, 0.2) is 47.6 Å². The minimum absolute atomic E-state index is 0.0180. The number of hydrogen-bond donors (Lipinski definition) is 1. The molecule has 0 amide bonds. The van der Waals surface area contributed by atoms with E-state index in [9.17, 15) is 5.11 Å². The molecule has 0 aliphatic heterocycles. The fourth-order valence-electron chi connectivity index (χ4n) is 8.39. The summed E-state index contributed by atoms with van der Waals surface area (Å²) in [6, 6.07) is 0. The van der Waals surface area contributed by atoms with Crippen LogP contribution >= 0.6 is 0 Å². The number of aliphatic hydroxyl groups excluding tert-OH is 1. The molecule has 0 heterocycles. The molecule has 5 heteroatoms. The summed E-state index contributed by atoms with van der Waals surface area (Å²) < 4.78 is 14.2. The van der Waals surface area contributed by atoms with Gasteiger partial charge in [0.15, 0.2) is 16.6 Å². The highest BCUT2D eigenvalue weighted by Gasteiger charge is 2.50. The SMILES string of the molecule is C=C1/C(=C/C=C2\CCC[C@]3(C)[C@@H]([C@H](C)/C=C/[C@@H](O)CC(CC)CC)CC[C@@H]23)C[C@@H](O[Si](C)(C)C(C)(C)C)C[C@@H]1O[Si](C)(C)C(C)(C)C.